The van der Waals surface area contributed by atoms with E-state index in [4.69, 9.17) is 0 Å². The highest BCUT2D eigenvalue weighted by Gasteiger charge is 2.05. The van der Waals surface area contributed by atoms with E-state index in [0.29, 0.717) is 0 Å². The van der Waals surface area contributed by atoms with E-state index < -0.39 is 0 Å². The number of aryl methyl sites for hydroxylation is 3. The molecule has 98 valence electrons. The van der Waals surface area contributed by atoms with Crippen LogP contribution in [0.15, 0.2) is 24.3 Å². The number of thiazole rings is 1. The van der Waals surface area contributed by atoms with Crippen LogP contribution < -0.4 is 5.32 Å². The highest BCUT2D eigenvalue weighted by Crippen LogP contribution is 2.28. The average molecular weight is 288 g/mol. The Morgan fingerprint density at radius 1 is 1.11 bits per heavy atom. The van der Waals surface area contributed by atoms with Crippen LogP contribution in [-0.4, -0.2) is 4.98 Å². The second-order valence-corrected chi connectivity index (χ2v) is 7.17. The van der Waals surface area contributed by atoms with E-state index in [1.807, 2.05) is 11.3 Å². The van der Waals surface area contributed by atoms with E-state index in [-0.39, 0.29) is 0 Å². The Hall–Kier alpha value is -1.39. The van der Waals surface area contributed by atoms with Crippen molar-refractivity contribution in [2.75, 3.05) is 5.32 Å². The molecule has 0 spiro atoms. The molecule has 4 heteroatoms. The van der Waals surface area contributed by atoms with Gasteiger partial charge in [-0.1, -0.05) is 17.4 Å². The predicted octanol–water partition coefficient (Wildman–Crippen LogP) is 4.90. The first-order chi connectivity index (χ1) is 9.11. The van der Waals surface area contributed by atoms with Crippen molar-refractivity contribution in [3.05, 3.63) is 45.1 Å². The Kier molecular flexibility index (Phi) is 3.29. The van der Waals surface area contributed by atoms with Gasteiger partial charge in [0, 0.05) is 9.75 Å². The molecule has 1 aromatic carbocycles. The fourth-order valence-corrected chi connectivity index (χ4v) is 3.96. The Bertz CT molecular complexity index is 705. The van der Waals surface area contributed by atoms with Crippen LogP contribution in [0, 0.1) is 20.8 Å². The molecule has 0 aliphatic carbocycles. The summed E-state index contributed by atoms with van der Waals surface area (Å²) < 4.78 is 1.25. The van der Waals surface area contributed by atoms with Crippen molar-refractivity contribution < 1.29 is 0 Å². The first kappa shape index (κ1) is 12.6. The van der Waals surface area contributed by atoms with Crippen molar-refractivity contribution in [3.63, 3.8) is 0 Å². The summed E-state index contributed by atoms with van der Waals surface area (Å²) in [6.07, 6.45) is 0. The lowest BCUT2D eigenvalue weighted by Gasteiger charge is -1.98. The van der Waals surface area contributed by atoms with Crippen LogP contribution in [0.2, 0.25) is 0 Å². The minimum absolute atomic E-state index is 0.859. The van der Waals surface area contributed by atoms with Crippen LogP contribution in [0.4, 0.5) is 5.13 Å². The van der Waals surface area contributed by atoms with Gasteiger partial charge in [0.15, 0.2) is 5.13 Å². The van der Waals surface area contributed by atoms with Crippen molar-refractivity contribution in [1.29, 1.82) is 0 Å². The van der Waals surface area contributed by atoms with Gasteiger partial charge in [-0.25, -0.2) is 4.98 Å². The molecule has 0 aliphatic heterocycles. The molecular formula is C15H16N2S2. The van der Waals surface area contributed by atoms with Crippen molar-refractivity contribution in [2.24, 2.45) is 0 Å². The molecule has 0 atom stereocenters. The smallest absolute Gasteiger partial charge is 0.184 e. The standard InChI is InChI=1S/C15H16N2S2/c1-9-4-5-13-14(6-9)19-15(17-13)16-8-12-7-10(2)11(3)18-12/h4-7H,8H2,1-3H3,(H,16,17). The molecule has 0 saturated carbocycles. The second-order valence-electron chi connectivity index (χ2n) is 4.80. The van der Waals surface area contributed by atoms with Crippen molar-refractivity contribution >= 4 is 38.0 Å². The number of hydrogen-bond acceptors (Lipinski definition) is 4. The summed E-state index contributed by atoms with van der Waals surface area (Å²) >= 11 is 3.58. The maximum atomic E-state index is 4.61. The normalized spacial score (nSPS) is 11.1. The van der Waals surface area contributed by atoms with Gasteiger partial charge in [-0.15, -0.1) is 11.3 Å². The quantitative estimate of drug-likeness (QED) is 0.742. The second kappa shape index (κ2) is 4.94. The molecular weight excluding hydrogens is 272 g/mol. The highest BCUT2D eigenvalue weighted by atomic mass is 32.1. The third-order valence-electron chi connectivity index (χ3n) is 3.17. The lowest BCUT2D eigenvalue weighted by atomic mass is 10.2. The molecule has 3 aromatic rings. The van der Waals surface area contributed by atoms with Gasteiger partial charge >= 0.3 is 0 Å². The third kappa shape index (κ3) is 2.65. The van der Waals surface area contributed by atoms with Gasteiger partial charge in [0.25, 0.3) is 0 Å². The number of aromatic nitrogens is 1. The van der Waals surface area contributed by atoms with Crippen molar-refractivity contribution in [1.82, 2.24) is 4.98 Å². The Balaban J connectivity index is 1.78. The molecule has 2 heterocycles. The predicted molar refractivity (Wildman–Crippen MR) is 85.5 cm³/mol. The number of thiophene rings is 1. The van der Waals surface area contributed by atoms with Gasteiger partial charge < -0.3 is 5.32 Å². The minimum atomic E-state index is 0.859. The van der Waals surface area contributed by atoms with Crippen LogP contribution in [-0.2, 0) is 6.54 Å². The zero-order valence-electron chi connectivity index (χ0n) is 11.3. The maximum absolute atomic E-state index is 4.61. The minimum Gasteiger partial charge on any atom is -0.357 e. The largest absolute Gasteiger partial charge is 0.357 e. The lowest BCUT2D eigenvalue weighted by Crippen LogP contribution is -1.96. The van der Waals surface area contributed by atoms with Crippen LogP contribution in [0.5, 0.6) is 0 Å². The summed E-state index contributed by atoms with van der Waals surface area (Å²) in [6, 6.07) is 8.64. The summed E-state index contributed by atoms with van der Waals surface area (Å²) in [5.74, 6) is 0. The monoisotopic (exact) mass is 288 g/mol. The number of fused-ring (bicyclic) bond motifs is 1. The summed E-state index contributed by atoms with van der Waals surface area (Å²) in [6.45, 7) is 7.31. The molecule has 2 aromatic heterocycles. The molecule has 1 N–H and O–H groups in total. The SMILES string of the molecule is Cc1ccc2nc(NCc3cc(C)c(C)s3)sc2c1. The Morgan fingerprint density at radius 3 is 2.68 bits per heavy atom. The number of hydrogen-bond donors (Lipinski definition) is 1. The molecule has 3 rings (SSSR count). The zero-order valence-corrected chi connectivity index (χ0v) is 12.9. The van der Waals surface area contributed by atoms with Crippen LogP contribution in [0.1, 0.15) is 20.9 Å². The van der Waals surface area contributed by atoms with Crippen LogP contribution in [0.25, 0.3) is 10.2 Å². The van der Waals surface area contributed by atoms with Crippen LogP contribution in [0.3, 0.4) is 0 Å². The van der Waals surface area contributed by atoms with E-state index in [0.717, 1.165) is 17.2 Å². The number of nitrogens with zero attached hydrogens (tertiary/aromatic N) is 1. The van der Waals surface area contributed by atoms with Crippen molar-refractivity contribution in [3.8, 4) is 0 Å². The summed E-state index contributed by atoms with van der Waals surface area (Å²) in [5.41, 5.74) is 3.74. The van der Waals surface area contributed by atoms with Crippen molar-refractivity contribution in [2.45, 2.75) is 27.3 Å². The molecule has 0 radical (unpaired) electrons. The molecule has 0 saturated heterocycles. The molecule has 0 unspecified atom stereocenters. The van der Waals surface area contributed by atoms with Gasteiger partial charge in [-0.2, -0.15) is 0 Å². The summed E-state index contributed by atoms with van der Waals surface area (Å²) in [7, 11) is 0. The van der Waals surface area contributed by atoms with E-state index >= 15 is 0 Å². The average Bonchev–Trinajstić information content (AvgIpc) is 2.90. The topological polar surface area (TPSA) is 24.9 Å². The number of nitrogens with one attached hydrogen (secondary N) is 1. The van der Waals surface area contributed by atoms with Gasteiger partial charge in [-0.3, -0.25) is 0 Å². The molecule has 2 nitrogen and oxygen atoms in total. The summed E-state index contributed by atoms with van der Waals surface area (Å²) in [5, 5.41) is 4.43. The molecule has 19 heavy (non-hydrogen) atoms. The molecule has 0 fully saturated rings. The fraction of sp³-hybridized carbons (Fsp3) is 0.267. The van der Waals surface area contributed by atoms with Gasteiger partial charge in [0.2, 0.25) is 0 Å². The van der Waals surface area contributed by atoms with E-state index in [2.05, 4.69) is 55.3 Å². The summed E-state index contributed by atoms with van der Waals surface area (Å²) in [4.78, 5) is 7.38. The first-order valence-electron chi connectivity index (χ1n) is 6.29. The van der Waals surface area contributed by atoms with Crippen LogP contribution >= 0.6 is 22.7 Å². The molecule has 0 amide bonds. The Labute approximate surface area is 121 Å². The number of rotatable bonds is 3. The van der Waals surface area contributed by atoms with E-state index in [9.17, 15) is 0 Å². The zero-order chi connectivity index (χ0) is 13.4. The fourth-order valence-electron chi connectivity index (χ4n) is 2.01. The lowest BCUT2D eigenvalue weighted by molar-refractivity contribution is 1.17. The van der Waals surface area contributed by atoms with Gasteiger partial charge in [0.05, 0.1) is 16.8 Å². The molecule has 0 aliphatic rings. The van der Waals surface area contributed by atoms with Gasteiger partial charge in [-0.05, 0) is 50.1 Å². The van der Waals surface area contributed by atoms with E-state index in [1.165, 1.54) is 25.6 Å². The number of anilines is 1. The maximum Gasteiger partial charge on any atom is 0.184 e. The molecule has 0 bridgehead atoms. The Morgan fingerprint density at radius 2 is 1.95 bits per heavy atom. The highest BCUT2D eigenvalue weighted by molar-refractivity contribution is 7.22. The first-order valence-corrected chi connectivity index (χ1v) is 7.92. The third-order valence-corrected chi connectivity index (χ3v) is 5.30. The number of benzene rings is 1. The van der Waals surface area contributed by atoms with Gasteiger partial charge in [0.1, 0.15) is 0 Å². The van der Waals surface area contributed by atoms with E-state index in [1.54, 1.807) is 11.3 Å².